The molecule has 1 aliphatic rings. The van der Waals surface area contributed by atoms with E-state index in [1.807, 2.05) is 19.1 Å². The van der Waals surface area contributed by atoms with Crippen molar-refractivity contribution >= 4 is 28.2 Å². The fourth-order valence-electron chi connectivity index (χ4n) is 3.83. The minimum Gasteiger partial charge on any atom is -0.396 e. The maximum atomic E-state index is 14.9. The van der Waals surface area contributed by atoms with E-state index in [1.165, 1.54) is 6.20 Å². The van der Waals surface area contributed by atoms with Gasteiger partial charge in [0.2, 0.25) is 5.91 Å². The van der Waals surface area contributed by atoms with E-state index < -0.39 is 5.82 Å². The van der Waals surface area contributed by atoms with Crippen LogP contribution in [0, 0.1) is 18.7 Å². The number of hydrogen-bond acceptors (Lipinski definition) is 5. The highest BCUT2D eigenvalue weighted by atomic mass is 19.1. The first-order valence-corrected chi connectivity index (χ1v) is 9.62. The number of aromatic amines is 1. The summed E-state index contributed by atoms with van der Waals surface area (Å²) in [6.45, 7) is 1.89. The number of aromatic nitrogens is 4. The number of nitrogens with two attached hydrogens (primary N) is 1. The predicted molar refractivity (Wildman–Crippen MR) is 112 cm³/mol. The molecule has 0 saturated heterocycles. The number of carbonyl (C=O) groups excluding carboxylic acids is 1. The number of pyridine rings is 2. The monoisotopic (exact) mass is 402 g/mol. The zero-order valence-electron chi connectivity index (χ0n) is 16.2. The Kier molecular flexibility index (Phi) is 4.20. The van der Waals surface area contributed by atoms with Crippen LogP contribution in [0.4, 0.5) is 15.9 Å². The number of nitrogens with one attached hydrogen (secondary N) is 2. The van der Waals surface area contributed by atoms with Crippen molar-refractivity contribution in [2.75, 3.05) is 11.1 Å². The van der Waals surface area contributed by atoms with Gasteiger partial charge >= 0.3 is 0 Å². The third-order valence-electron chi connectivity index (χ3n) is 5.63. The molecule has 4 aromatic rings. The molecular formula is C22H19FN6O. The lowest BCUT2D eigenvalue weighted by atomic mass is 9.98. The molecule has 0 radical (unpaired) electrons. The Morgan fingerprint density at radius 3 is 2.87 bits per heavy atom. The van der Waals surface area contributed by atoms with Crippen LogP contribution in [0.5, 0.6) is 0 Å². The normalized spacial score (nSPS) is 17.8. The van der Waals surface area contributed by atoms with E-state index in [0.717, 1.165) is 17.7 Å². The number of H-pyrrole nitrogens is 1. The Morgan fingerprint density at radius 1 is 1.23 bits per heavy atom. The lowest BCUT2D eigenvalue weighted by molar-refractivity contribution is -0.117. The van der Waals surface area contributed by atoms with Crippen molar-refractivity contribution in [2.24, 2.45) is 5.92 Å². The summed E-state index contributed by atoms with van der Waals surface area (Å²) < 4.78 is 14.9. The molecule has 2 atom stereocenters. The second-order valence-electron chi connectivity index (χ2n) is 7.58. The Labute approximate surface area is 171 Å². The summed E-state index contributed by atoms with van der Waals surface area (Å²) in [5.74, 6) is -0.159. The van der Waals surface area contributed by atoms with Crippen LogP contribution in [0.3, 0.4) is 0 Å². The lowest BCUT2D eigenvalue weighted by Crippen LogP contribution is -2.15. The molecule has 0 bridgehead atoms. The van der Waals surface area contributed by atoms with Gasteiger partial charge in [0.05, 0.1) is 5.69 Å². The summed E-state index contributed by atoms with van der Waals surface area (Å²) in [4.78, 5) is 20.9. The van der Waals surface area contributed by atoms with Gasteiger partial charge in [-0.15, -0.1) is 0 Å². The summed E-state index contributed by atoms with van der Waals surface area (Å²) in [5.41, 5.74) is 8.98. The molecule has 3 heterocycles. The maximum absolute atomic E-state index is 14.9. The highest BCUT2D eigenvalue weighted by molar-refractivity contribution is 6.00. The van der Waals surface area contributed by atoms with Gasteiger partial charge in [0, 0.05) is 58.8 Å². The molecule has 4 N–H and O–H groups in total. The minimum absolute atomic E-state index is 0.0256. The van der Waals surface area contributed by atoms with Gasteiger partial charge < -0.3 is 11.1 Å². The SMILES string of the molecule is Cc1ccncc1-c1cc2cc(NC(=O)[C@H]3C[C@@H]3c3ccn[nH]3)ncc2c(N)c1F. The standard InChI is InChI=1S/C22H19FN6O/c1-11-2-4-25-9-16(11)14-6-12-7-19(26-10-17(12)21(24)20(14)23)28-22(30)15-8-13(15)18-3-5-27-29-18/h2-7,9-10,13,15H,8,24H2,1H3,(H,27,29)(H,26,28,30)/t13-,15-/m0/s1. The van der Waals surface area contributed by atoms with Crippen molar-refractivity contribution in [2.45, 2.75) is 19.3 Å². The molecule has 1 saturated carbocycles. The van der Waals surface area contributed by atoms with Crippen LogP contribution < -0.4 is 11.1 Å². The zero-order chi connectivity index (χ0) is 20.8. The highest BCUT2D eigenvalue weighted by Crippen LogP contribution is 2.47. The molecule has 0 spiro atoms. The number of nitrogens with zero attached hydrogens (tertiary/aromatic N) is 3. The number of halogens is 1. The molecule has 0 aliphatic heterocycles. The van der Waals surface area contributed by atoms with Gasteiger partial charge in [-0.1, -0.05) is 0 Å². The first-order valence-electron chi connectivity index (χ1n) is 9.62. The summed E-state index contributed by atoms with van der Waals surface area (Å²) in [5, 5.41) is 10.9. The van der Waals surface area contributed by atoms with Crippen molar-refractivity contribution in [3.8, 4) is 11.1 Å². The van der Waals surface area contributed by atoms with Crippen molar-refractivity contribution in [3.63, 3.8) is 0 Å². The van der Waals surface area contributed by atoms with Crippen LogP contribution in [-0.4, -0.2) is 26.1 Å². The number of nitrogen functional groups attached to an aromatic ring is 1. The second-order valence-corrected chi connectivity index (χ2v) is 7.58. The molecule has 7 nitrogen and oxygen atoms in total. The Bertz CT molecular complexity index is 1270. The highest BCUT2D eigenvalue weighted by Gasteiger charge is 2.45. The van der Waals surface area contributed by atoms with E-state index in [1.54, 1.807) is 30.7 Å². The largest absolute Gasteiger partial charge is 0.396 e. The van der Waals surface area contributed by atoms with E-state index >= 15 is 0 Å². The van der Waals surface area contributed by atoms with E-state index in [-0.39, 0.29) is 23.4 Å². The number of benzene rings is 1. The molecule has 150 valence electrons. The first kappa shape index (κ1) is 18.2. The maximum Gasteiger partial charge on any atom is 0.229 e. The van der Waals surface area contributed by atoms with Crippen LogP contribution >= 0.6 is 0 Å². The third kappa shape index (κ3) is 3.06. The van der Waals surface area contributed by atoms with Gasteiger partial charge in [0.25, 0.3) is 0 Å². The minimum atomic E-state index is -0.502. The number of hydrogen-bond donors (Lipinski definition) is 3. The molecule has 1 aromatic carbocycles. The van der Waals surface area contributed by atoms with Crippen LogP contribution in [0.2, 0.25) is 0 Å². The first-order chi connectivity index (χ1) is 14.5. The third-order valence-corrected chi connectivity index (χ3v) is 5.63. The Morgan fingerprint density at radius 2 is 2.10 bits per heavy atom. The summed E-state index contributed by atoms with van der Waals surface area (Å²) in [7, 11) is 0. The number of aryl methyl sites for hydroxylation is 1. The average molecular weight is 402 g/mol. The van der Waals surface area contributed by atoms with Crippen LogP contribution in [-0.2, 0) is 4.79 Å². The Hall–Kier alpha value is -3.81. The van der Waals surface area contributed by atoms with Gasteiger partial charge in [-0.05, 0) is 48.6 Å². The van der Waals surface area contributed by atoms with Crippen molar-refractivity contribution < 1.29 is 9.18 Å². The van der Waals surface area contributed by atoms with Crippen molar-refractivity contribution in [3.05, 3.63) is 66.1 Å². The van der Waals surface area contributed by atoms with Crippen LogP contribution in [0.15, 0.2) is 49.1 Å². The lowest BCUT2D eigenvalue weighted by Gasteiger charge is -2.12. The summed E-state index contributed by atoms with van der Waals surface area (Å²) in [6.07, 6.45) is 7.21. The second kappa shape index (κ2) is 6.91. The number of carbonyl (C=O) groups is 1. The molecular weight excluding hydrogens is 383 g/mol. The van der Waals surface area contributed by atoms with Crippen LogP contribution in [0.25, 0.3) is 21.9 Å². The predicted octanol–water partition coefficient (Wildman–Crippen LogP) is 3.79. The van der Waals surface area contributed by atoms with Gasteiger partial charge in [-0.25, -0.2) is 9.37 Å². The molecule has 1 fully saturated rings. The summed E-state index contributed by atoms with van der Waals surface area (Å²) in [6, 6.07) is 7.13. The fourth-order valence-corrected chi connectivity index (χ4v) is 3.83. The Balaban J connectivity index is 1.46. The topological polar surface area (TPSA) is 110 Å². The van der Waals surface area contributed by atoms with E-state index in [2.05, 4.69) is 25.5 Å². The number of amides is 1. The number of fused-ring (bicyclic) bond motifs is 1. The molecule has 1 aliphatic carbocycles. The van der Waals surface area contributed by atoms with Gasteiger partial charge in [-0.2, -0.15) is 5.10 Å². The van der Waals surface area contributed by atoms with Crippen molar-refractivity contribution in [1.82, 2.24) is 20.2 Å². The van der Waals surface area contributed by atoms with Crippen molar-refractivity contribution in [1.29, 1.82) is 0 Å². The molecule has 1 amide bonds. The van der Waals surface area contributed by atoms with E-state index in [0.29, 0.717) is 27.7 Å². The molecule has 8 heteroatoms. The number of rotatable bonds is 4. The summed E-state index contributed by atoms with van der Waals surface area (Å²) >= 11 is 0. The molecule has 5 rings (SSSR count). The molecule has 30 heavy (non-hydrogen) atoms. The fraction of sp³-hybridized carbons (Fsp3) is 0.182. The van der Waals surface area contributed by atoms with Gasteiger partial charge in [0.1, 0.15) is 5.82 Å². The number of anilines is 2. The van der Waals surface area contributed by atoms with Gasteiger partial charge in [0.15, 0.2) is 5.82 Å². The van der Waals surface area contributed by atoms with Gasteiger partial charge in [-0.3, -0.25) is 14.9 Å². The molecule has 0 unspecified atom stereocenters. The quantitative estimate of drug-likeness (QED) is 0.450. The smallest absolute Gasteiger partial charge is 0.229 e. The van der Waals surface area contributed by atoms with E-state index in [9.17, 15) is 9.18 Å². The van der Waals surface area contributed by atoms with Crippen LogP contribution in [0.1, 0.15) is 23.6 Å². The average Bonchev–Trinajstić information content (AvgIpc) is 3.36. The zero-order valence-corrected chi connectivity index (χ0v) is 16.2. The molecule has 3 aromatic heterocycles. The van der Waals surface area contributed by atoms with E-state index in [4.69, 9.17) is 5.73 Å².